The average Bonchev–Trinajstić information content (AvgIpc) is 3.01. The van der Waals surface area contributed by atoms with Crippen LogP contribution in [0.3, 0.4) is 0 Å². The molecule has 0 spiro atoms. The molecular formula is C13H25N3O2S. The second-order valence-corrected chi connectivity index (χ2v) is 8.02. The summed E-state index contributed by atoms with van der Waals surface area (Å²) in [7, 11) is -3.22. The highest BCUT2D eigenvalue weighted by Crippen LogP contribution is 2.32. The lowest BCUT2D eigenvalue weighted by molar-refractivity contribution is 0.246. The van der Waals surface area contributed by atoms with E-state index in [4.69, 9.17) is 0 Å². The Bertz CT molecular complexity index is 418. The quantitative estimate of drug-likeness (QED) is 0.829. The zero-order valence-electron chi connectivity index (χ0n) is 11.7. The van der Waals surface area contributed by atoms with Gasteiger partial charge in [0.15, 0.2) is 0 Å². The first-order chi connectivity index (χ1) is 9.13. The minimum atomic E-state index is -3.22. The molecule has 1 N–H and O–H groups in total. The number of hydrogen-bond acceptors (Lipinski definition) is 3. The van der Waals surface area contributed by atoms with Crippen LogP contribution < -0.4 is 5.32 Å². The molecule has 3 saturated heterocycles. The summed E-state index contributed by atoms with van der Waals surface area (Å²) in [4.78, 5) is 0. The summed E-state index contributed by atoms with van der Waals surface area (Å²) < 4.78 is 29.0. The maximum Gasteiger partial charge on any atom is 0.282 e. The van der Waals surface area contributed by atoms with Crippen LogP contribution in [-0.4, -0.2) is 55.8 Å². The Kier molecular flexibility index (Phi) is 3.86. The molecule has 0 radical (unpaired) electrons. The summed E-state index contributed by atoms with van der Waals surface area (Å²) in [5.41, 5.74) is 0. The Morgan fingerprint density at radius 3 is 2.53 bits per heavy atom. The second-order valence-electron chi connectivity index (χ2n) is 6.14. The number of nitrogens with zero attached hydrogens (tertiary/aromatic N) is 2. The Balaban J connectivity index is 1.69. The first-order valence-corrected chi connectivity index (χ1v) is 9.00. The lowest BCUT2D eigenvalue weighted by Gasteiger charge is -2.35. The fourth-order valence-electron chi connectivity index (χ4n) is 3.79. The highest BCUT2D eigenvalue weighted by molar-refractivity contribution is 7.86. The summed E-state index contributed by atoms with van der Waals surface area (Å²) in [5.74, 6) is 1.24. The van der Waals surface area contributed by atoms with E-state index in [0.29, 0.717) is 31.5 Å². The van der Waals surface area contributed by atoms with E-state index in [9.17, 15) is 8.42 Å². The number of nitrogens with one attached hydrogen (secondary N) is 1. The molecule has 0 amide bonds. The highest BCUT2D eigenvalue weighted by atomic mass is 32.2. The van der Waals surface area contributed by atoms with Crippen molar-refractivity contribution in [3.05, 3.63) is 0 Å². The molecule has 5 nitrogen and oxygen atoms in total. The molecule has 0 aliphatic carbocycles. The normalized spacial score (nSPS) is 34.8. The minimum Gasteiger partial charge on any atom is -0.315 e. The van der Waals surface area contributed by atoms with Gasteiger partial charge >= 0.3 is 0 Å². The predicted octanol–water partition coefficient (Wildman–Crippen LogP) is 0.647. The largest absolute Gasteiger partial charge is 0.315 e. The molecule has 0 aromatic carbocycles. The molecule has 19 heavy (non-hydrogen) atoms. The van der Waals surface area contributed by atoms with Crippen LogP contribution in [0.5, 0.6) is 0 Å². The van der Waals surface area contributed by atoms with Crippen LogP contribution in [0.4, 0.5) is 0 Å². The lowest BCUT2D eigenvalue weighted by Crippen LogP contribution is -2.50. The molecule has 2 atom stereocenters. The first-order valence-electron chi connectivity index (χ1n) is 7.60. The molecule has 0 bridgehead atoms. The van der Waals surface area contributed by atoms with E-state index in [-0.39, 0.29) is 6.04 Å². The van der Waals surface area contributed by atoms with Crippen molar-refractivity contribution in [2.45, 2.75) is 38.6 Å². The zero-order valence-corrected chi connectivity index (χ0v) is 12.5. The van der Waals surface area contributed by atoms with Gasteiger partial charge in [-0.1, -0.05) is 13.3 Å². The van der Waals surface area contributed by atoms with Crippen molar-refractivity contribution in [3.8, 4) is 0 Å². The molecule has 0 aromatic heterocycles. The predicted molar refractivity (Wildman–Crippen MR) is 75.0 cm³/mol. The molecule has 3 aliphatic heterocycles. The molecule has 6 heteroatoms. The van der Waals surface area contributed by atoms with Crippen molar-refractivity contribution in [2.75, 3.05) is 32.7 Å². The summed E-state index contributed by atoms with van der Waals surface area (Å²) >= 11 is 0. The van der Waals surface area contributed by atoms with Crippen molar-refractivity contribution < 1.29 is 8.42 Å². The van der Waals surface area contributed by atoms with E-state index in [1.807, 2.05) is 0 Å². The summed E-state index contributed by atoms with van der Waals surface area (Å²) in [5, 5.41) is 3.32. The third-order valence-corrected chi connectivity index (χ3v) is 7.23. The molecule has 0 saturated carbocycles. The maximum atomic E-state index is 12.7. The Labute approximate surface area is 116 Å². The third kappa shape index (κ3) is 2.44. The molecule has 3 heterocycles. The van der Waals surface area contributed by atoms with Crippen LogP contribution in [0, 0.1) is 11.8 Å². The number of hydrogen-bond donors (Lipinski definition) is 1. The summed E-state index contributed by atoms with van der Waals surface area (Å²) in [6.45, 7) is 6.14. The van der Waals surface area contributed by atoms with Gasteiger partial charge in [0.05, 0.1) is 0 Å². The van der Waals surface area contributed by atoms with Gasteiger partial charge in [-0.15, -0.1) is 0 Å². The van der Waals surface area contributed by atoms with E-state index in [2.05, 4.69) is 12.2 Å². The summed E-state index contributed by atoms with van der Waals surface area (Å²) in [6, 6.07) is 0.203. The monoisotopic (exact) mass is 287 g/mol. The van der Waals surface area contributed by atoms with Crippen LogP contribution in [0.15, 0.2) is 0 Å². The van der Waals surface area contributed by atoms with E-state index in [0.717, 1.165) is 32.4 Å². The van der Waals surface area contributed by atoms with Gasteiger partial charge < -0.3 is 5.32 Å². The number of rotatable bonds is 3. The highest BCUT2D eigenvalue weighted by Gasteiger charge is 2.45. The lowest BCUT2D eigenvalue weighted by atomic mass is 9.96. The Morgan fingerprint density at radius 2 is 1.84 bits per heavy atom. The van der Waals surface area contributed by atoms with Crippen LogP contribution >= 0.6 is 0 Å². The van der Waals surface area contributed by atoms with E-state index in [1.54, 1.807) is 8.61 Å². The van der Waals surface area contributed by atoms with Gasteiger partial charge in [-0.25, -0.2) is 0 Å². The Hall–Kier alpha value is -0.170. The fraction of sp³-hybridized carbons (Fsp3) is 1.00. The smallest absolute Gasteiger partial charge is 0.282 e. The SMILES string of the molecule is CCC1CCN(S(=O)(=O)N2CC[C@@H]3CNC[C@@H]32)CC1. The molecule has 0 aromatic rings. The van der Waals surface area contributed by atoms with Crippen molar-refractivity contribution in [3.63, 3.8) is 0 Å². The first kappa shape index (κ1) is 13.8. The zero-order chi connectivity index (χ0) is 13.5. The van der Waals surface area contributed by atoms with Crippen molar-refractivity contribution in [1.82, 2.24) is 13.9 Å². The molecule has 3 rings (SSSR count). The Morgan fingerprint density at radius 1 is 1.11 bits per heavy atom. The van der Waals surface area contributed by atoms with Crippen LogP contribution in [0.25, 0.3) is 0 Å². The van der Waals surface area contributed by atoms with Crippen LogP contribution in [0.1, 0.15) is 32.6 Å². The molecular weight excluding hydrogens is 262 g/mol. The minimum absolute atomic E-state index is 0.203. The standard InChI is InChI=1S/C13H25N3O2S/c1-2-11-3-6-15(7-4-11)19(17,18)16-8-5-12-9-14-10-13(12)16/h11-14H,2-10H2,1H3/t12-,13+/m1/s1. The number of piperidine rings is 1. The van der Waals surface area contributed by atoms with Crippen molar-refractivity contribution in [2.24, 2.45) is 11.8 Å². The van der Waals surface area contributed by atoms with Gasteiger partial charge in [-0.2, -0.15) is 17.0 Å². The van der Waals surface area contributed by atoms with Gasteiger partial charge in [0.25, 0.3) is 10.2 Å². The fourth-order valence-corrected chi connectivity index (χ4v) is 5.69. The average molecular weight is 287 g/mol. The van der Waals surface area contributed by atoms with Crippen LogP contribution in [-0.2, 0) is 10.2 Å². The van der Waals surface area contributed by atoms with Crippen LogP contribution in [0.2, 0.25) is 0 Å². The van der Waals surface area contributed by atoms with E-state index >= 15 is 0 Å². The van der Waals surface area contributed by atoms with Gasteiger partial charge in [-0.05, 0) is 37.6 Å². The van der Waals surface area contributed by atoms with Crippen molar-refractivity contribution in [1.29, 1.82) is 0 Å². The molecule has 3 fully saturated rings. The molecule has 0 unspecified atom stereocenters. The third-order valence-electron chi connectivity index (χ3n) is 5.17. The van der Waals surface area contributed by atoms with Crippen molar-refractivity contribution >= 4 is 10.2 Å². The van der Waals surface area contributed by atoms with E-state index in [1.165, 1.54) is 6.42 Å². The maximum absolute atomic E-state index is 12.7. The van der Waals surface area contributed by atoms with Gasteiger partial charge in [0.1, 0.15) is 0 Å². The number of fused-ring (bicyclic) bond motifs is 1. The second kappa shape index (κ2) is 5.31. The summed E-state index contributed by atoms with van der Waals surface area (Å²) in [6.07, 6.45) is 4.24. The molecule has 3 aliphatic rings. The van der Waals surface area contributed by atoms with E-state index < -0.39 is 10.2 Å². The van der Waals surface area contributed by atoms with Gasteiger partial charge in [0.2, 0.25) is 0 Å². The topological polar surface area (TPSA) is 52.7 Å². The van der Waals surface area contributed by atoms with Gasteiger partial charge in [0, 0.05) is 32.2 Å². The molecule has 110 valence electrons. The van der Waals surface area contributed by atoms with Gasteiger partial charge in [-0.3, -0.25) is 0 Å².